The van der Waals surface area contributed by atoms with Crippen LogP contribution in [-0.4, -0.2) is 19.9 Å². The van der Waals surface area contributed by atoms with Crippen LogP contribution in [0.5, 0.6) is 11.5 Å². The van der Waals surface area contributed by atoms with Crippen LogP contribution >= 0.6 is 0 Å². The van der Waals surface area contributed by atoms with E-state index in [0.29, 0.717) is 6.79 Å². The highest BCUT2D eigenvalue weighted by Crippen LogP contribution is 2.41. The minimum Gasteiger partial charge on any atom is -0.454 e. The Labute approximate surface area is 89.6 Å². The van der Waals surface area contributed by atoms with E-state index < -0.39 is 0 Å². The fourth-order valence-electron chi connectivity index (χ4n) is 2.30. The van der Waals surface area contributed by atoms with Crippen molar-refractivity contribution in [1.82, 2.24) is 0 Å². The lowest BCUT2D eigenvalue weighted by atomic mass is 10.1. The highest BCUT2D eigenvalue weighted by atomic mass is 16.7. The van der Waals surface area contributed by atoms with E-state index >= 15 is 0 Å². The fraction of sp³-hybridized carbons (Fsp3) is 0.500. The van der Waals surface area contributed by atoms with Gasteiger partial charge < -0.3 is 14.4 Å². The zero-order valence-corrected chi connectivity index (χ0v) is 8.74. The number of hydrogen-bond donors (Lipinski definition) is 0. The molecule has 0 saturated carbocycles. The number of para-hydroxylation sites is 1. The predicted octanol–water partition coefficient (Wildman–Crippen LogP) is 2.41. The highest BCUT2D eigenvalue weighted by Gasteiger charge is 2.21. The van der Waals surface area contributed by atoms with Crippen LogP contribution in [-0.2, 0) is 0 Å². The maximum absolute atomic E-state index is 5.52. The van der Waals surface area contributed by atoms with Gasteiger partial charge in [-0.3, -0.25) is 0 Å². The Bertz CT molecular complexity index is 359. The van der Waals surface area contributed by atoms with Gasteiger partial charge in [-0.25, -0.2) is 0 Å². The van der Waals surface area contributed by atoms with Gasteiger partial charge in [0.1, 0.15) is 0 Å². The molecule has 1 fully saturated rings. The average molecular weight is 205 g/mol. The lowest BCUT2D eigenvalue weighted by molar-refractivity contribution is 0.174. The van der Waals surface area contributed by atoms with Crippen molar-refractivity contribution in [3.05, 3.63) is 18.2 Å². The minimum absolute atomic E-state index is 0.361. The van der Waals surface area contributed by atoms with E-state index in [9.17, 15) is 0 Å². The summed E-state index contributed by atoms with van der Waals surface area (Å²) in [4.78, 5) is 2.40. The first-order valence-electron chi connectivity index (χ1n) is 5.59. The third kappa shape index (κ3) is 1.52. The second-order valence-electron chi connectivity index (χ2n) is 4.06. The predicted molar refractivity (Wildman–Crippen MR) is 58.6 cm³/mol. The van der Waals surface area contributed by atoms with Gasteiger partial charge in [0.2, 0.25) is 6.79 Å². The molecule has 15 heavy (non-hydrogen) atoms. The molecule has 2 aliphatic rings. The summed E-state index contributed by atoms with van der Waals surface area (Å²) in [5, 5.41) is 0. The molecule has 0 aliphatic carbocycles. The number of anilines is 1. The first-order valence-corrected chi connectivity index (χ1v) is 5.59. The molecule has 0 bridgehead atoms. The van der Waals surface area contributed by atoms with Gasteiger partial charge in [-0.15, -0.1) is 0 Å². The number of fused-ring (bicyclic) bond motifs is 1. The van der Waals surface area contributed by atoms with Gasteiger partial charge in [-0.05, 0) is 31.4 Å². The van der Waals surface area contributed by atoms with Gasteiger partial charge in [-0.1, -0.05) is 6.07 Å². The number of ether oxygens (including phenoxy) is 2. The van der Waals surface area contributed by atoms with Crippen molar-refractivity contribution in [2.75, 3.05) is 24.8 Å². The summed E-state index contributed by atoms with van der Waals surface area (Å²) in [6.07, 6.45) is 3.91. The molecule has 2 heterocycles. The molecule has 0 atom stereocenters. The van der Waals surface area contributed by atoms with Crippen LogP contribution in [0.3, 0.4) is 0 Å². The third-order valence-corrected chi connectivity index (χ3v) is 3.07. The normalized spacial score (nSPS) is 19.3. The van der Waals surface area contributed by atoms with Crippen molar-refractivity contribution < 1.29 is 9.47 Å². The summed E-state index contributed by atoms with van der Waals surface area (Å²) >= 11 is 0. The van der Waals surface area contributed by atoms with E-state index in [1.807, 2.05) is 12.1 Å². The number of piperidine rings is 1. The maximum atomic E-state index is 5.52. The smallest absolute Gasteiger partial charge is 0.231 e. The van der Waals surface area contributed by atoms with Crippen molar-refractivity contribution in [2.45, 2.75) is 19.3 Å². The summed E-state index contributed by atoms with van der Waals surface area (Å²) < 4.78 is 10.9. The second kappa shape index (κ2) is 3.65. The molecular formula is C12H15NO2. The summed E-state index contributed by atoms with van der Waals surface area (Å²) in [7, 11) is 0. The molecule has 0 amide bonds. The molecular weight excluding hydrogens is 190 g/mol. The topological polar surface area (TPSA) is 21.7 Å². The SMILES string of the molecule is c1cc2c(c(N3CCCCC3)c1)OCO2. The molecule has 1 saturated heterocycles. The Morgan fingerprint density at radius 1 is 1.00 bits per heavy atom. The minimum atomic E-state index is 0.361. The van der Waals surface area contributed by atoms with Gasteiger partial charge in [0.25, 0.3) is 0 Å². The number of nitrogens with zero attached hydrogens (tertiary/aromatic N) is 1. The molecule has 1 aromatic rings. The molecule has 3 rings (SSSR count). The van der Waals surface area contributed by atoms with Crippen LogP contribution in [0.15, 0.2) is 18.2 Å². The van der Waals surface area contributed by atoms with E-state index in [-0.39, 0.29) is 0 Å². The summed E-state index contributed by atoms with van der Waals surface area (Å²) in [5.74, 6) is 1.82. The van der Waals surface area contributed by atoms with E-state index in [1.165, 1.54) is 24.9 Å². The molecule has 0 spiro atoms. The first kappa shape index (κ1) is 8.89. The Hall–Kier alpha value is -1.38. The molecule has 3 heteroatoms. The van der Waals surface area contributed by atoms with E-state index in [1.54, 1.807) is 0 Å². The van der Waals surface area contributed by atoms with Crippen LogP contribution in [0.25, 0.3) is 0 Å². The molecule has 0 N–H and O–H groups in total. The van der Waals surface area contributed by atoms with Crippen LogP contribution < -0.4 is 14.4 Å². The molecule has 0 unspecified atom stereocenters. The van der Waals surface area contributed by atoms with Crippen LogP contribution in [0, 0.1) is 0 Å². The standard InChI is InChI=1S/C12H15NO2/c1-2-7-13(8-3-1)10-5-4-6-11-12(10)15-9-14-11/h4-6H,1-3,7-9H2. The lowest BCUT2D eigenvalue weighted by Gasteiger charge is -2.29. The van der Waals surface area contributed by atoms with E-state index in [2.05, 4.69) is 11.0 Å². The maximum Gasteiger partial charge on any atom is 0.231 e. The highest BCUT2D eigenvalue weighted by molar-refractivity contribution is 5.65. The second-order valence-corrected chi connectivity index (χ2v) is 4.06. The van der Waals surface area contributed by atoms with E-state index in [0.717, 1.165) is 24.6 Å². The molecule has 0 radical (unpaired) electrons. The van der Waals surface area contributed by atoms with Crippen molar-refractivity contribution in [1.29, 1.82) is 0 Å². The summed E-state index contributed by atoms with van der Waals surface area (Å²) in [6.45, 7) is 2.64. The number of benzene rings is 1. The van der Waals surface area contributed by atoms with Gasteiger partial charge in [0.05, 0.1) is 5.69 Å². The summed E-state index contributed by atoms with van der Waals surface area (Å²) in [5.41, 5.74) is 1.20. The fourth-order valence-corrected chi connectivity index (χ4v) is 2.30. The number of rotatable bonds is 1. The van der Waals surface area contributed by atoms with Crippen LogP contribution in [0.2, 0.25) is 0 Å². The first-order chi connectivity index (χ1) is 7.45. The zero-order chi connectivity index (χ0) is 10.1. The molecule has 80 valence electrons. The van der Waals surface area contributed by atoms with Gasteiger partial charge in [0, 0.05) is 13.1 Å². The summed E-state index contributed by atoms with van der Waals surface area (Å²) in [6, 6.07) is 6.13. The monoisotopic (exact) mass is 205 g/mol. The lowest BCUT2D eigenvalue weighted by Crippen LogP contribution is -2.29. The van der Waals surface area contributed by atoms with Gasteiger partial charge >= 0.3 is 0 Å². The number of hydrogen-bond acceptors (Lipinski definition) is 3. The average Bonchev–Trinajstić information content (AvgIpc) is 2.78. The molecule has 2 aliphatic heterocycles. The quantitative estimate of drug-likeness (QED) is 0.702. The van der Waals surface area contributed by atoms with Crippen molar-refractivity contribution in [2.24, 2.45) is 0 Å². The Kier molecular flexibility index (Phi) is 2.16. The Morgan fingerprint density at radius 2 is 1.87 bits per heavy atom. The Morgan fingerprint density at radius 3 is 2.73 bits per heavy atom. The van der Waals surface area contributed by atoms with Crippen molar-refractivity contribution in [3.63, 3.8) is 0 Å². The van der Waals surface area contributed by atoms with Crippen molar-refractivity contribution >= 4 is 5.69 Å². The van der Waals surface area contributed by atoms with Crippen LogP contribution in [0.1, 0.15) is 19.3 Å². The Balaban J connectivity index is 1.93. The molecule has 0 aromatic heterocycles. The van der Waals surface area contributed by atoms with Gasteiger partial charge in [-0.2, -0.15) is 0 Å². The van der Waals surface area contributed by atoms with Crippen LogP contribution in [0.4, 0.5) is 5.69 Å². The largest absolute Gasteiger partial charge is 0.454 e. The van der Waals surface area contributed by atoms with Gasteiger partial charge in [0.15, 0.2) is 11.5 Å². The molecule has 1 aromatic carbocycles. The zero-order valence-electron chi connectivity index (χ0n) is 8.74. The molecule has 3 nitrogen and oxygen atoms in total. The van der Waals surface area contributed by atoms with Crippen molar-refractivity contribution in [3.8, 4) is 11.5 Å². The van der Waals surface area contributed by atoms with E-state index in [4.69, 9.17) is 9.47 Å². The third-order valence-electron chi connectivity index (χ3n) is 3.07.